The molecule has 3 fully saturated rings. The van der Waals surface area contributed by atoms with Crippen molar-refractivity contribution in [1.82, 2.24) is 4.98 Å². The number of ether oxygens (including phenoxy) is 6. The van der Waals surface area contributed by atoms with Crippen LogP contribution in [0, 0.1) is 11.3 Å². The Kier molecular flexibility index (Phi) is 8.37. The summed E-state index contributed by atoms with van der Waals surface area (Å²) in [6.45, 7) is 8.11. The van der Waals surface area contributed by atoms with Gasteiger partial charge in [0.25, 0.3) is 0 Å². The number of fused-ring (bicyclic) bond motifs is 1. The van der Waals surface area contributed by atoms with Gasteiger partial charge in [-0.15, -0.1) is 0 Å². The molecule has 9 atom stereocenters. The second-order valence-corrected chi connectivity index (χ2v) is 12.0. The summed E-state index contributed by atoms with van der Waals surface area (Å²) in [5.74, 6) is -5.02. The Morgan fingerprint density at radius 3 is 2.07 bits per heavy atom. The van der Waals surface area contributed by atoms with Crippen molar-refractivity contribution in [3.05, 3.63) is 30.1 Å². The second-order valence-electron chi connectivity index (χ2n) is 12.0. The summed E-state index contributed by atoms with van der Waals surface area (Å²) in [4.78, 5) is 67.3. The number of hydrogen-bond acceptors (Lipinski definition) is 14. The number of carbonyl (C=O) groups excluding carboxylic acids is 5. The van der Waals surface area contributed by atoms with E-state index >= 15 is 0 Å². The van der Waals surface area contributed by atoms with Crippen LogP contribution in [0.4, 0.5) is 0 Å². The van der Waals surface area contributed by atoms with Crippen LogP contribution < -0.4 is 0 Å². The zero-order valence-corrected chi connectivity index (χ0v) is 25.0. The highest BCUT2D eigenvalue weighted by Gasteiger charge is 2.88. The highest BCUT2D eigenvalue weighted by Crippen LogP contribution is 2.69. The zero-order chi connectivity index (χ0) is 32.1. The topological polar surface area (TPSA) is 194 Å². The third kappa shape index (κ3) is 5.04. The predicted octanol–water partition coefficient (Wildman–Crippen LogP) is 0.645. The molecule has 1 aliphatic heterocycles. The third-order valence-electron chi connectivity index (χ3n) is 8.81. The van der Waals surface area contributed by atoms with E-state index in [0.717, 1.165) is 27.7 Å². The molecule has 14 heteroatoms. The van der Waals surface area contributed by atoms with Crippen molar-refractivity contribution in [3.63, 3.8) is 0 Å². The van der Waals surface area contributed by atoms with Crippen LogP contribution in [0.1, 0.15) is 65.2 Å². The van der Waals surface area contributed by atoms with Gasteiger partial charge in [-0.1, -0.05) is 0 Å². The molecule has 14 nitrogen and oxygen atoms in total. The molecule has 0 amide bonds. The van der Waals surface area contributed by atoms with E-state index in [1.807, 2.05) is 0 Å². The van der Waals surface area contributed by atoms with Gasteiger partial charge in [-0.25, -0.2) is 4.79 Å². The molecule has 0 radical (unpaired) electrons. The highest BCUT2D eigenvalue weighted by atomic mass is 16.6. The van der Waals surface area contributed by atoms with E-state index in [0.29, 0.717) is 0 Å². The smallest absolute Gasteiger partial charge is 0.340 e. The van der Waals surface area contributed by atoms with E-state index in [9.17, 15) is 34.2 Å². The SMILES string of the molecule is CC(=O)OCC12C(OC(=O)c3cccnc3)CC3C(OC(C)=O)C1(OC3(C)C)C(C)(O)C(O)C(OC(C)=O)C2OC(C)=O. The van der Waals surface area contributed by atoms with Gasteiger partial charge < -0.3 is 38.6 Å². The molecule has 2 bridgehead atoms. The Morgan fingerprint density at radius 2 is 1.53 bits per heavy atom. The molecule has 236 valence electrons. The van der Waals surface area contributed by atoms with Crippen molar-refractivity contribution < 1.29 is 62.6 Å². The Labute approximate surface area is 247 Å². The molecular weight excluding hydrogens is 570 g/mol. The molecule has 43 heavy (non-hydrogen) atoms. The fourth-order valence-corrected chi connectivity index (χ4v) is 7.25. The summed E-state index contributed by atoms with van der Waals surface area (Å²) in [6, 6.07) is 2.97. The standard InChI is InChI=1S/C29H37NO13/c1-14(31)38-13-28-20(42-25(36)18-9-8-10-30-12-18)11-19-23(40-16(3)33)29(28,43-26(19,5)6)27(7,37)22(35)21(39-15(2)32)24(28)41-17(4)34/h8-10,12,19-24,35,37H,11,13H2,1-7H3. The largest absolute Gasteiger partial charge is 0.465 e. The molecule has 9 unspecified atom stereocenters. The number of aliphatic hydroxyl groups is 2. The first-order valence-corrected chi connectivity index (χ1v) is 13.8. The molecule has 2 saturated carbocycles. The van der Waals surface area contributed by atoms with Crippen LogP contribution in [-0.2, 0) is 47.6 Å². The lowest BCUT2D eigenvalue weighted by atomic mass is 9.45. The van der Waals surface area contributed by atoms with Gasteiger partial charge in [-0.3, -0.25) is 24.2 Å². The average Bonchev–Trinajstić information content (AvgIpc) is 3.06. The lowest BCUT2D eigenvalue weighted by Crippen LogP contribution is -2.87. The number of rotatable bonds is 7. The van der Waals surface area contributed by atoms with Gasteiger partial charge in [0, 0.05) is 46.0 Å². The summed E-state index contributed by atoms with van der Waals surface area (Å²) < 4.78 is 35.3. The second kappa shape index (κ2) is 11.1. The number of hydrogen-bond donors (Lipinski definition) is 2. The van der Waals surface area contributed by atoms with Crippen molar-refractivity contribution in [3.8, 4) is 0 Å². The van der Waals surface area contributed by atoms with Crippen LogP contribution in [0.25, 0.3) is 0 Å². The highest BCUT2D eigenvalue weighted by molar-refractivity contribution is 5.89. The van der Waals surface area contributed by atoms with Crippen LogP contribution in [0.2, 0.25) is 0 Å². The molecule has 0 aromatic carbocycles. The average molecular weight is 608 g/mol. The summed E-state index contributed by atoms with van der Waals surface area (Å²) in [5.41, 5.74) is -8.05. The van der Waals surface area contributed by atoms with Crippen LogP contribution in [0.15, 0.2) is 24.5 Å². The van der Waals surface area contributed by atoms with E-state index in [1.54, 1.807) is 13.8 Å². The summed E-state index contributed by atoms with van der Waals surface area (Å²) in [7, 11) is 0. The number of esters is 5. The maximum Gasteiger partial charge on any atom is 0.340 e. The Bertz CT molecular complexity index is 1300. The molecule has 3 aliphatic rings. The van der Waals surface area contributed by atoms with Crippen LogP contribution in [0.5, 0.6) is 0 Å². The first-order chi connectivity index (χ1) is 19.9. The van der Waals surface area contributed by atoms with E-state index < -0.39 is 95.1 Å². The quantitative estimate of drug-likeness (QED) is 0.324. The van der Waals surface area contributed by atoms with E-state index in [4.69, 9.17) is 28.4 Å². The molecular formula is C29H37NO13. The molecule has 2 N–H and O–H groups in total. The maximum atomic E-state index is 13.5. The number of aromatic nitrogens is 1. The van der Waals surface area contributed by atoms with Gasteiger partial charge in [-0.2, -0.15) is 0 Å². The minimum atomic E-state index is -2.48. The van der Waals surface area contributed by atoms with Gasteiger partial charge in [-0.05, 0) is 39.3 Å². The van der Waals surface area contributed by atoms with Gasteiger partial charge in [0.15, 0.2) is 17.8 Å². The van der Waals surface area contributed by atoms with Crippen molar-refractivity contribution in [2.24, 2.45) is 11.3 Å². The number of nitrogens with zero attached hydrogens (tertiary/aromatic N) is 1. The van der Waals surface area contributed by atoms with Crippen molar-refractivity contribution in [2.45, 2.75) is 102 Å². The molecule has 1 saturated heterocycles. The molecule has 1 aromatic rings. The first kappa shape index (κ1) is 32.3. The van der Waals surface area contributed by atoms with Crippen LogP contribution in [-0.4, -0.2) is 99.0 Å². The minimum Gasteiger partial charge on any atom is -0.465 e. The monoisotopic (exact) mass is 607 g/mol. The van der Waals surface area contributed by atoms with Crippen molar-refractivity contribution >= 4 is 29.8 Å². The van der Waals surface area contributed by atoms with E-state index in [1.165, 1.54) is 31.5 Å². The van der Waals surface area contributed by atoms with Crippen LogP contribution >= 0.6 is 0 Å². The summed E-state index contributed by atoms with van der Waals surface area (Å²) in [6.07, 6.45) is -5.70. The third-order valence-corrected chi connectivity index (χ3v) is 8.81. The molecule has 1 spiro atoms. The number of carbonyl (C=O) groups is 5. The van der Waals surface area contributed by atoms with Crippen molar-refractivity contribution in [1.29, 1.82) is 0 Å². The Morgan fingerprint density at radius 1 is 0.930 bits per heavy atom. The molecule has 2 heterocycles. The fraction of sp³-hybridized carbons (Fsp3) is 0.655. The maximum absolute atomic E-state index is 13.5. The summed E-state index contributed by atoms with van der Waals surface area (Å²) in [5, 5.41) is 24.1. The number of pyridine rings is 1. The number of aliphatic hydroxyl groups excluding tert-OH is 1. The first-order valence-electron chi connectivity index (χ1n) is 13.8. The fourth-order valence-electron chi connectivity index (χ4n) is 7.25. The Hall–Kier alpha value is -3.62. The lowest BCUT2D eigenvalue weighted by Gasteiger charge is -2.66. The van der Waals surface area contributed by atoms with Crippen LogP contribution in [0.3, 0.4) is 0 Å². The Balaban J connectivity index is 2.10. The normalized spacial score (nSPS) is 37.3. The van der Waals surface area contributed by atoms with Gasteiger partial charge in [0.05, 0.1) is 11.2 Å². The van der Waals surface area contributed by atoms with E-state index in [2.05, 4.69) is 4.98 Å². The predicted molar refractivity (Wildman–Crippen MR) is 142 cm³/mol. The molecule has 2 aliphatic carbocycles. The minimum absolute atomic E-state index is 0.0528. The van der Waals surface area contributed by atoms with Crippen molar-refractivity contribution in [2.75, 3.05) is 6.61 Å². The summed E-state index contributed by atoms with van der Waals surface area (Å²) >= 11 is 0. The lowest BCUT2D eigenvalue weighted by molar-refractivity contribution is -0.378. The molecule has 1 aromatic heterocycles. The van der Waals surface area contributed by atoms with Gasteiger partial charge >= 0.3 is 29.8 Å². The van der Waals surface area contributed by atoms with Gasteiger partial charge in [0.1, 0.15) is 35.9 Å². The zero-order valence-electron chi connectivity index (χ0n) is 25.0. The van der Waals surface area contributed by atoms with E-state index in [-0.39, 0.29) is 12.0 Å². The molecule has 4 rings (SSSR count). The van der Waals surface area contributed by atoms with Gasteiger partial charge in [0.2, 0.25) is 0 Å².